The minimum atomic E-state index is -0.987. The number of anilines is 4. The molecule has 11 heteroatoms. The van der Waals surface area contributed by atoms with Gasteiger partial charge < -0.3 is 16.2 Å². The number of rotatable bonds is 27. The molecule has 69 heavy (non-hydrogen) atoms. The van der Waals surface area contributed by atoms with Crippen LogP contribution in [0.3, 0.4) is 0 Å². The summed E-state index contributed by atoms with van der Waals surface area (Å²) in [6, 6.07) is 29.5. The van der Waals surface area contributed by atoms with Gasteiger partial charge in [0.05, 0.1) is 29.8 Å². The van der Waals surface area contributed by atoms with Gasteiger partial charge in [-0.25, -0.2) is 14.8 Å². The molecule has 0 spiro atoms. The van der Waals surface area contributed by atoms with Crippen LogP contribution in [0.4, 0.5) is 22.7 Å². The van der Waals surface area contributed by atoms with Gasteiger partial charge in [-0.05, 0) is 123 Å². The van der Waals surface area contributed by atoms with E-state index in [1.807, 2.05) is 31.2 Å². The Hall–Kier alpha value is -6.10. The van der Waals surface area contributed by atoms with Crippen molar-refractivity contribution in [2.45, 2.75) is 182 Å². The quantitative estimate of drug-likeness (QED) is 0.0399. The lowest BCUT2D eigenvalue weighted by Gasteiger charge is -2.12. The SMILES string of the molecule is CC1=NN(c2ccc(C(=O)O)cc2)C(=O)C1.CCCCCCCCCCCCc1ccc(N)cc1.CCCCCCCCCCCCc1ccc(NC(=O)c2ccc(N3N=C(C)CC3=O)cc2)cc1. The van der Waals surface area contributed by atoms with Gasteiger partial charge in [0.1, 0.15) is 0 Å². The number of nitrogens with zero attached hydrogens (tertiary/aromatic N) is 4. The van der Waals surface area contributed by atoms with Crippen molar-refractivity contribution in [2.24, 2.45) is 10.2 Å². The molecular weight excluding hydrogens is 861 g/mol. The summed E-state index contributed by atoms with van der Waals surface area (Å²) in [5, 5.41) is 22.7. The van der Waals surface area contributed by atoms with Crippen molar-refractivity contribution in [2.75, 3.05) is 21.1 Å². The minimum Gasteiger partial charge on any atom is -0.478 e. The molecule has 0 saturated heterocycles. The van der Waals surface area contributed by atoms with Gasteiger partial charge in [-0.1, -0.05) is 154 Å². The summed E-state index contributed by atoms with van der Waals surface area (Å²) >= 11 is 0. The van der Waals surface area contributed by atoms with Crippen LogP contribution in [-0.4, -0.2) is 40.2 Å². The number of carbonyl (C=O) groups is 4. The highest BCUT2D eigenvalue weighted by atomic mass is 16.4. The second-order valence-corrected chi connectivity index (χ2v) is 18.6. The van der Waals surface area contributed by atoms with Crippen LogP contribution in [0.2, 0.25) is 0 Å². The van der Waals surface area contributed by atoms with Crippen LogP contribution in [0.1, 0.15) is 201 Å². The second kappa shape index (κ2) is 31.9. The van der Waals surface area contributed by atoms with Crippen LogP contribution < -0.4 is 21.1 Å². The highest BCUT2D eigenvalue weighted by Crippen LogP contribution is 2.23. The summed E-state index contributed by atoms with van der Waals surface area (Å²) in [5.41, 5.74) is 13.6. The summed E-state index contributed by atoms with van der Waals surface area (Å²) in [6.07, 6.45) is 30.5. The maximum Gasteiger partial charge on any atom is 0.335 e. The molecule has 0 aliphatic carbocycles. The van der Waals surface area contributed by atoms with Gasteiger partial charge in [0, 0.05) is 28.4 Å². The zero-order valence-corrected chi connectivity index (χ0v) is 42.2. The molecule has 2 heterocycles. The number of aromatic carboxylic acids is 1. The number of nitrogens with two attached hydrogens (primary N) is 1. The number of unbranched alkanes of at least 4 members (excludes halogenated alkanes) is 18. The molecule has 0 unspecified atom stereocenters. The van der Waals surface area contributed by atoms with Crippen molar-refractivity contribution in [1.29, 1.82) is 0 Å². The van der Waals surface area contributed by atoms with Crippen molar-refractivity contribution in [3.05, 3.63) is 119 Å². The first kappa shape index (κ1) is 55.5. The van der Waals surface area contributed by atoms with E-state index in [2.05, 4.69) is 53.6 Å². The number of aryl methyl sites for hydroxylation is 2. The Morgan fingerprint density at radius 1 is 0.507 bits per heavy atom. The number of carboxylic acid groups (broad SMARTS) is 1. The summed E-state index contributed by atoms with van der Waals surface area (Å²) in [5.74, 6) is -1.30. The number of carboxylic acids is 1. The fraction of sp³-hybridized carbons (Fsp3) is 0.483. The first-order valence-electron chi connectivity index (χ1n) is 25.9. The van der Waals surface area contributed by atoms with E-state index in [0.29, 0.717) is 29.8 Å². The number of hydrogen-bond acceptors (Lipinski definition) is 7. The number of carbonyl (C=O) groups excluding carboxylic acids is 3. The molecule has 0 bridgehead atoms. The maximum absolute atomic E-state index is 12.6. The molecular formula is C58H80N6O5. The summed E-state index contributed by atoms with van der Waals surface area (Å²) in [4.78, 5) is 46.7. The van der Waals surface area contributed by atoms with Crippen molar-refractivity contribution in [1.82, 2.24) is 0 Å². The lowest BCUT2D eigenvalue weighted by molar-refractivity contribution is -0.117. The van der Waals surface area contributed by atoms with Crippen LogP contribution in [0, 0.1) is 0 Å². The van der Waals surface area contributed by atoms with E-state index in [4.69, 9.17) is 10.8 Å². The lowest BCUT2D eigenvalue weighted by Crippen LogP contribution is -2.19. The molecule has 0 atom stereocenters. The van der Waals surface area contributed by atoms with Gasteiger partial charge in [0.25, 0.3) is 17.7 Å². The fourth-order valence-corrected chi connectivity index (χ4v) is 8.29. The Balaban J connectivity index is 0.000000249. The van der Waals surface area contributed by atoms with Gasteiger partial charge in [-0.3, -0.25) is 14.4 Å². The number of hydrogen-bond donors (Lipinski definition) is 3. The third-order valence-corrected chi connectivity index (χ3v) is 12.4. The maximum atomic E-state index is 12.6. The molecule has 4 N–H and O–H groups in total. The normalized spacial score (nSPS) is 13.0. The molecule has 2 aliphatic rings. The molecule has 2 aliphatic heterocycles. The molecule has 11 nitrogen and oxygen atoms in total. The number of benzene rings is 4. The van der Waals surface area contributed by atoms with Gasteiger partial charge in [0.2, 0.25) is 0 Å². The zero-order chi connectivity index (χ0) is 49.6. The van der Waals surface area contributed by atoms with Crippen LogP contribution >= 0.6 is 0 Å². The van der Waals surface area contributed by atoms with Crippen LogP contribution in [0.5, 0.6) is 0 Å². The molecule has 0 radical (unpaired) electrons. The zero-order valence-electron chi connectivity index (χ0n) is 42.2. The molecule has 4 aromatic rings. The molecule has 0 fully saturated rings. The molecule has 4 aromatic carbocycles. The molecule has 0 saturated carbocycles. The Labute approximate surface area is 413 Å². The highest BCUT2D eigenvalue weighted by molar-refractivity contribution is 6.13. The van der Waals surface area contributed by atoms with Crippen molar-refractivity contribution in [3.63, 3.8) is 0 Å². The van der Waals surface area contributed by atoms with Gasteiger partial charge in [0.15, 0.2) is 0 Å². The van der Waals surface area contributed by atoms with E-state index in [-0.39, 0.29) is 23.3 Å². The van der Waals surface area contributed by atoms with E-state index >= 15 is 0 Å². The standard InChI is InChI=1S/C29H39N3O2.C18H31N.C11H10N2O3/c1-3-4-5-6-7-8-9-10-11-12-13-24-14-18-26(19-15-24)30-29(34)25-16-20-27(21-17-25)32-28(33)22-23(2)31-32;1-2-3-4-5-6-7-8-9-10-11-12-17-13-15-18(19)16-14-17;1-7-6-10(14)13(12-7)9-4-2-8(3-5-9)11(15)16/h14-21H,3-13,22H2,1-2H3,(H,30,34);13-16H,2-12,19H2,1H3;2-5H,6H2,1H3,(H,15,16). The Morgan fingerprint density at radius 3 is 1.20 bits per heavy atom. The molecule has 3 amide bonds. The average Bonchev–Trinajstić information content (AvgIpc) is 3.88. The van der Waals surface area contributed by atoms with E-state index in [1.165, 1.54) is 168 Å². The fourth-order valence-electron chi connectivity index (χ4n) is 8.29. The van der Waals surface area contributed by atoms with Crippen LogP contribution in [-0.2, 0) is 22.4 Å². The van der Waals surface area contributed by atoms with E-state index in [1.54, 1.807) is 43.3 Å². The number of amides is 3. The summed E-state index contributed by atoms with van der Waals surface area (Å²) in [7, 11) is 0. The predicted octanol–water partition coefficient (Wildman–Crippen LogP) is 14.7. The largest absolute Gasteiger partial charge is 0.478 e. The van der Waals surface area contributed by atoms with E-state index in [0.717, 1.165) is 29.2 Å². The summed E-state index contributed by atoms with van der Waals surface area (Å²) < 4.78 is 0. The second-order valence-electron chi connectivity index (χ2n) is 18.6. The Kier molecular flexibility index (Phi) is 25.6. The van der Waals surface area contributed by atoms with Crippen LogP contribution in [0.25, 0.3) is 0 Å². The van der Waals surface area contributed by atoms with E-state index in [9.17, 15) is 19.2 Å². The van der Waals surface area contributed by atoms with Crippen LogP contribution in [0.15, 0.2) is 107 Å². The molecule has 0 aromatic heterocycles. The number of hydrazone groups is 2. The summed E-state index contributed by atoms with van der Waals surface area (Å²) in [6.45, 7) is 8.16. The Morgan fingerprint density at radius 2 is 0.855 bits per heavy atom. The van der Waals surface area contributed by atoms with Gasteiger partial charge in [-0.15, -0.1) is 0 Å². The lowest BCUT2D eigenvalue weighted by atomic mass is 10.0. The first-order valence-corrected chi connectivity index (χ1v) is 25.9. The number of nitrogen functional groups attached to an aromatic ring is 1. The Bertz CT molecular complexity index is 2200. The predicted molar refractivity (Wildman–Crippen MR) is 287 cm³/mol. The third kappa shape index (κ3) is 21.4. The average molecular weight is 941 g/mol. The highest BCUT2D eigenvalue weighted by Gasteiger charge is 2.24. The smallest absolute Gasteiger partial charge is 0.335 e. The number of nitrogens with one attached hydrogen (secondary N) is 1. The minimum absolute atomic E-state index is 0.0485. The third-order valence-electron chi connectivity index (χ3n) is 12.4. The molecule has 372 valence electrons. The first-order chi connectivity index (χ1) is 33.5. The van der Waals surface area contributed by atoms with Gasteiger partial charge in [-0.2, -0.15) is 10.2 Å². The monoisotopic (exact) mass is 941 g/mol. The topological polar surface area (TPSA) is 158 Å². The van der Waals surface area contributed by atoms with Crippen molar-refractivity contribution >= 4 is 57.9 Å². The van der Waals surface area contributed by atoms with Gasteiger partial charge >= 0.3 is 5.97 Å². The van der Waals surface area contributed by atoms with Crippen molar-refractivity contribution in [3.8, 4) is 0 Å². The van der Waals surface area contributed by atoms with Crippen molar-refractivity contribution < 1.29 is 24.3 Å². The van der Waals surface area contributed by atoms with E-state index < -0.39 is 5.97 Å². The molecule has 6 rings (SSSR count).